The largest absolute Gasteiger partial charge is 0.348 e. The van der Waals surface area contributed by atoms with E-state index in [1.165, 1.54) is 11.1 Å². The summed E-state index contributed by atoms with van der Waals surface area (Å²) >= 11 is 0. The molecule has 4 aromatic rings. The molecule has 3 aromatic carbocycles. The van der Waals surface area contributed by atoms with Gasteiger partial charge in [-0.05, 0) is 60.7 Å². The summed E-state index contributed by atoms with van der Waals surface area (Å²) in [5.74, 6) is 0.911. The minimum atomic E-state index is -3.59. The molecule has 1 aliphatic rings. The molecule has 2 heterocycles. The van der Waals surface area contributed by atoms with Crippen molar-refractivity contribution >= 4 is 15.8 Å². The molecule has 1 aromatic heterocycles. The van der Waals surface area contributed by atoms with Crippen molar-refractivity contribution in [3.8, 4) is 0 Å². The standard InChI is InChI=1S/C30H31N3O2S/c1-22-14-16-27(17-15-22)36(34,35)33-20-28-23(2)30(31-24(3)29(28)21-33)32(18-25-10-6-4-7-11-25)19-26-12-8-5-9-13-26/h4-17H,18-21H2,1-3H3. The molecule has 0 atom stereocenters. The van der Waals surface area contributed by atoms with Crippen LogP contribution in [0, 0.1) is 20.8 Å². The molecular formula is C30H31N3O2S. The molecule has 0 N–H and O–H groups in total. The summed E-state index contributed by atoms with van der Waals surface area (Å²) in [5, 5.41) is 0. The maximum absolute atomic E-state index is 13.4. The van der Waals surface area contributed by atoms with Gasteiger partial charge in [0.05, 0.1) is 4.90 Å². The Hall–Kier alpha value is -3.48. The third-order valence-electron chi connectivity index (χ3n) is 6.92. The number of sulfonamides is 1. The van der Waals surface area contributed by atoms with Crippen LogP contribution in [0.25, 0.3) is 0 Å². The summed E-state index contributed by atoms with van der Waals surface area (Å²) in [4.78, 5) is 7.67. The Kier molecular flexibility index (Phi) is 6.65. The van der Waals surface area contributed by atoms with E-state index in [-0.39, 0.29) is 0 Å². The molecule has 0 spiro atoms. The van der Waals surface area contributed by atoms with E-state index in [0.717, 1.165) is 33.8 Å². The van der Waals surface area contributed by atoms with Crippen LogP contribution in [0.1, 0.15) is 39.1 Å². The van der Waals surface area contributed by atoms with Gasteiger partial charge in [-0.2, -0.15) is 4.31 Å². The van der Waals surface area contributed by atoms with Gasteiger partial charge in [0, 0.05) is 31.9 Å². The fourth-order valence-electron chi connectivity index (χ4n) is 4.87. The van der Waals surface area contributed by atoms with Crippen molar-refractivity contribution in [1.29, 1.82) is 0 Å². The average Bonchev–Trinajstić information content (AvgIpc) is 3.35. The van der Waals surface area contributed by atoms with Gasteiger partial charge in [-0.15, -0.1) is 0 Å². The van der Waals surface area contributed by atoms with Crippen LogP contribution < -0.4 is 4.90 Å². The van der Waals surface area contributed by atoms with Gasteiger partial charge in [-0.1, -0.05) is 78.4 Å². The summed E-state index contributed by atoms with van der Waals surface area (Å²) in [6.45, 7) is 8.17. The van der Waals surface area contributed by atoms with Gasteiger partial charge < -0.3 is 4.90 Å². The number of hydrogen-bond donors (Lipinski definition) is 0. The van der Waals surface area contributed by atoms with Crippen LogP contribution in [0.15, 0.2) is 89.8 Å². The van der Waals surface area contributed by atoms with E-state index in [0.29, 0.717) is 31.1 Å². The van der Waals surface area contributed by atoms with Gasteiger partial charge in [0.25, 0.3) is 0 Å². The number of anilines is 1. The minimum absolute atomic E-state index is 0.333. The Morgan fingerprint density at radius 3 is 1.83 bits per heavy atom. The highest BCUT2D eigenvalue weighted by atomic mass is 32.2. The highest BCUT2D eigenvalue weighted by Gasteiger charge is 2.34. The average molecular weight is 498 g/mol. The topological polar surface area (TPSA) is 53.5 Å². The van der Waals surface area contributed by atoms with Crippen LogP contribution in [-0.4, -0.2) is 17.7 Å². The van der Waals surface area contributed by atoms with Crippen LogP contribution in [0.4, 0.5) is 5.82 Å². The summed E-state index contributed by atoms with van der Waals surface area (Å²) in [7, 11) is -3.59. The van der Waals surface area contributed by atoms with Crippen LogP contribution >= 0.6 is 0 Å². The number of aromatic nitrogens is 1. The van der Waals surface area contributed by atoms with E-state index in [1.807, 2.05) is 38.1 Å². The monoisotopic (exact) mass is 497 g/mol. The van der Waals surface area contributed by atoms with E-state index in [9.17, 15) is 8.42 Å². The quantitative estimate of drug-likeness (QED) is 0.318. The molecule has 1 aliphatic heterocycles. The first kappa shape index (κ1) is 24.2. The zero-order valence-corrected chi connectivity index (χ0v) is 21.8. The van der Waals surface area contributed by atoms with E-state index in [2.05, 4.69) is 60.4 Å². The zero-order chi connectivity index (χ0) is 25.3. The number of aryl methyl sites for hydroxylation is 2. The molecule has 0 saturated heterocycles. The molecule has 5 nitrogen and oxygen atoms in total. The second-order valence-electron chi connectivity index (χ2n) is 9.52. The Bertz CT molecular complexity index is 1430. The van der Waals surface area contributed by atoms with Crippen molar-refractivity contribution in [1.82, 2.24) is 9.29 Å². The number of hydrogen-bond acceptors (Lipinski definition) is 4. The number of benzene rings is 3. The number of nitrogens with zero attached hydrogens (tertiary/aromatic N) is 3. The van der Waals surface area contributed by atoms with Gasteiger partial charge in [0.2, 0.25) is 10.0 Å². The molecule has 0 bridgehead atoms. The van der Waals surface area contributed by atoms with Gasteiger partial charge >= 0.3 is 0 Å². The van der Waals surface area contributed by atoms with Crippen LogP contribution in [0.2, 0.25) is 0 Å². The lowest BCUT2D eigenvalue weighted by molar-refractivity contribution is 0.431. The Morgan fingerprint density at radius 2 is 1.28 bits per heavy atom. The molecule has 0 unspecified atom stereocenters. The fourth-order valence-corrected chi connectivity index (χ4v) is 6.25. The lowest BCUT2D eigenvalue weighted by atomic mass is 10.0. The maximum Gasteiger partial charge on any atom is 0.243 e. The molecule has 0 radical (unpaired) electrons. The first-order valence-electron chi connectivity index (χ1n) is 12.2. The molecule has 5 rings (SSSR count). The van der Waals surface area contributed by atoms with Crippen molar-refractivity contribution in [3.05, 3.63) is 124 Å². The van der Waals surface area contributed by atoms with Crippen molar-refractivity contribution in [2.24, 2.45) is 0 Å². The SMILES string of the molecule is Cc1ccc(S(=O)(=O)N2Cc3c(C)nc(N(Cc4ccccc4)Cc4ccccc4)c(C)c3C2)cc1. The summed E-state index contributed by atoms with van der Waals surface area (Å²) < 4.78 is 28.4. The van der Waals surface area contributed by atoms with E-state index in [4.69, 9.17) is 4.98 Å². The highest BCUT2D eigenvalue weighted by molar-refractivity contribution is 7.89. The van der Waals surface area contributed by atoms with E-state index >= 15 is 0 Å². The summed E-state index contributed by atoms with van der Waals surface area (Å²) in [6.07, 6.45) is 0. The van der Waals surface area contributed by atoms with Gasteiger partial charge in [0.15, 0.2) is 0 Å². The minimum Gasteiger partial charge on any atom is -0.348 e. The van der Waals surface area contributed by atoms with Gasteiger partial charge in [0.1, 0.15) is 5.82 Å². The summed E-state index contributed by atoms with van der Waals surface area (Å²) in [5.41, 5.74) is 7.47. The molecule has 0 saturated carbocycles. The van der Waals surface area contributed by atoms with E-state index < -0.39 is 10.0 Å². The Labute approximate surface area is 214 Å². The number of pyridine rings is 1. The maximum atomic E-state index is 13.4. The summed E-state index contributed by atoms with van der Waals surface area (Å²) in [6, 6.07) is 27.9. The first-order chi connectivity index (χ1) is 17.3. The van der Waals surface area contributed by atoms with Gasteiger partial charge in [-0.25, -0.2) is 13.4 Å². The molecule has 0 fully saturated rings. The van der Waals surface area contributed by atoms with Crippen LogP contribution in [0.3, 0.4) is 0 Å². The predicted molar refractivity (Wildman–Crippen MR) is 144 cm³/mol. The fraction of sp³-hybridized carbons (Fsp3) is 0.233. The van der Waals surface area contributed by atoms with Crippen molar-refractivity contribution < 1.29 is 8.42 Å². The third kappa shape index (κ3) is 4.79. The van der Waals surface area contributed by atoms with Gasteiger partial charge in [-0.3, -0.25) is 0 Å². The molecule has 0 amide bonds. The Morgan fingerprint density at radius 1 is 0.750 bits per heavy atom. The lowest BCUT2D eigenvalue weighted by Crippen LogP contribution is -2.26. The molecule has 6 heteroatoms. The van der Waals surface area contributed by atoms with Crippen LogP contribution in [0.5, 0.6) is 0 Å². The zero-order valence-electron chi connectivity index (χ0n) is 21.0. The number of fused-ring (bicyclic) bond motifs is 1. The molecular weight excluding hydrogens is 466 g/mol. The number of rotatable bonds is 7. The smallest absolute Gasteiger partial charge is 0.243 e. The highest BCUT2D eigenvalue weighted by Crippen LogP contribution is 2.36. The van der Waals surface area contributed by atoms with Crippen LogP contribution in [-0.2, 0) is 36.2 Å². The van der Waals surface area contributed by atoms with Crippen molar-refractivity contribution in [3.63, 3.8) is 0 Å². The van der Waals surface area contributed by atoms with Crippen molar-refractivity contribution in [2.75, 3.05) is 4.90 Å². The van der Waals surface area contributed by atoms with E-state index in [1.54, 1.807) is 16.4 Å². The third-order valence-corrected chi connectivity index (χ3v) is 8.73. The molecule has 36 heavy (non-hydrogen) atoms. The Balaban J connectivity index is 1.51. The predicted octanol–water partition coefficient (Wildman–Crippen LogP) is 5.92. The lowest BCUT2D eigenvalue weighted by Gasteiger charge is -2.27. The second-order valence-corrected chi connectivity index (χ2v) is 11.5. The molecule has 184 valence electrons. The first-order valence-corrected chi connectivity index (χ1v) is 13.7. The second kappa shape index (κ2) is 9.88. The molecule has 0 aliphatic carbocycles. The van der Waals surface area contributed by atoms with Crippen molar-refractivity contribution in [2.45, 2.75) is 51.8 Å². The normalized spacial score (nSPS) is 13.5.